The fraction of sp³-hybridized carbons (Fsp3) is 0.0909. The van der Waals surface area contributed by atoms with E-state index in [1.54, 1.807) is 59.3 Å². The first-order chi connectivity index (χ1) is 15.5. The molecule has 0 unspecified atom stereocenters. The number of anilines is 1. The van der Waals surface area contributed by atoms with E-state index in [9.17, 15) is 14.0 Å². The van der Waals surface area contributed by atoms with Gasteiger partial charge in [0.25, 0.3) is 5.89 Å². The first kappa shape index (κ1) is 21.4. The standard InChI is InChI=1S/C22H16BrFN4O4/c1-31-22(30)14-5-2-3-6-17(14)25-19(29)12-28-10-4-7-18(28)21-26-20(27-32-21)13-8-9-16(24)15(23)11-13/h2-11H,12H2,1H3,(H,25,29). The number of esters is 1. The fourth-order valence-electron chi connectivity index (χ4n) is 3.05. The molecule has 32 heavy (non-hydrogen) atoms. The Morgan fingerprint density at radius 1 is 1.19 bits per heavy atom. The molecule has 1 amide bonds. The van der Waals surface area contributed by atoms with E-state index in [0.717, 1.165) is 0 Å². The van der Waals surface area contributed by atoms with E-state index in [2.05, 4.69) is 31.4 Å². The molecule has 4 aromatic rings. The lowest BCUT2D eigenvalue weighted by Gasteiger charge is -2.11. The van der Waals surface area contributed by atoms with Gasteiger partial charge in [0.1, 0.15) is 18.1 Å². The number of hydrogen-bond acceptors (Lipinski definition) is 6. The van der Waals surface area contributed by atoms with Gasteiger partial charge in [-0.05, 0) is 58.4 Å². The Bertz CT molecular complexity index is 1300. The van der Waals surface area contributed by atoms with E-state index in [1.807, 2.05) is 0 Å². The first-order valence-electron chi connectivity index (χ1n) is 9.38. The van der Waals surface area contributed by atoms with E-state index in [-0.39, 0.29) is 34.2 Å². The molecule has 2 heterocycles. The van der Waals surface area contributed by atoms with Crippen molar-refractivity contribution in [2.75, 3.05) is 12.4 Å². The number of halogens is 2. The van der Waals surface area contributed by atoms with Crippen LogP contribution in [0, 0.1) is 5.82 Å². The van der Waals surface area contributed by atoms with E-state index in [4.69, 9.17) is 9.26 Å². The molecule has 2 aromatic carbocycles. The maximum atomic E-state index is 13.5. The summed E-state index contributed by atoms with van der Waals surface area (Å²) >= 11 is 3.13. The van der Waals surface area contributed by atoms with Crippen LogP contribution in [0.4, 0.5) is 10.1 Å². The number of ether oxygens (including phenoxy) is 1. The fourth-order valence-corrected chi connectivity index (χ4v) is 3.43. The van der Waals surface area contributed by atoms with E-state index >= 15 is 0 Å². The van der Waals surface area contributed by atoms with Crippen LogP contribution in [0.3, 0.4) is 0 Å². The number of benzene rings is 2. The number of hydrogen-bond donors (Lipinski definition) is 1. The summed E-state index contributed by atoms with van der Waals surface area (Å²) in [6, 6.07) is 14.4. The highest BCUT2D eigenvalue weighted by Crippen LogP contribution is 2.26. The third-order valence-electron chi connectivity index (χ3n) is 4.57. The highest BCUT2D eigenvalue weighted by molar-refractivity contribution is 9.10. The Morgan fingerprint density at radius 2 is 2.00 bits per heavy atom. The van der Waals surface area contributed by atoms with Crippen molar-refractivity contribution in [1.82, 2.24) is 14.7 Å². The van der Waals surface area contributed by atoms with Gasteiger partial charge in [-0.2, -0.15) is 4.98 Å². The van der Waals surface area contributed by atoms with Gasteiger partial charge in [-0.25, -0.2) is 9.18 Å². The molecule has 2 aromatic heterocycles. The molecule has 8 nitrogen and oxygen atoms in total. The Labute approximate surface area is 190 Å². The van der Waals surface area contributed by atoms with Crippen LogP contribution in [-0.4, -0.2) is 33.7 Å². The largest absolute Gasteiger partial charge is 0.465 e. The minimum absolute atomic E-state index is 0.0579. The van der Waals surface area contributed by atoms with Crippen LogP contribution in [-0.2, 0) is 16.1 Å². The van der Waals surface area contributed by atoms with Crippen LogP contribution in [0.25, 0.3) is 23.0 Å². The van der Waals surface area contributed by atoms with Crippen molar-refractivity contribution >= 4 is 33.5 Å². The lowest BCUT2D eigenvalue weighted by atomic mass is 10.2. The van der Waals surface area contributed by atoms with Crippen LogP contribution < -0.4 is 5.32 Å². The van der Waals surface area contributed by atoms with Crippen LogP contribution in [0.15, 0.2) is 69.8 Å². The number of carbonyl (C=O) groups is 2. The SMILES string of the molecule is COC(=O)c1ccccc1NC(=O)Cn1cccc1-c1nc(-c2ccc(F)c(Br)c2)no1. The summed E-state index contributed by atoms with van der Waals surface area (Å²) in [6.45, 7) is -0.0579. The van der Waals surface area contributed by atoms with Crippen LogP contribution in [0.2, 0.25) is 0 Å². The van der Waals surface area contributed by atoms with E-state index < -0.39 is 11.8 Å². The molecule has 1 N–H and O–H groups in total. The zero-order chi connectivity index (χ0) is 22.7. The molecule has 0 aliphatic rings. The van der Waals surface area contributed by atoms with Crippen LogP contribution >= 0.6 is 15.9 Å². The van der Waals surface area contributed by atoms with Crippen molar-refractivity contribution in [2.45, 2.75) is 6.54 Å². The molecular formula is C22H16BrFN4O4. The predicted molar refractivity (Wildman–Crippen MR) is 117 cm³/mol. The number of methoxy groups -OCH3 is 1. The minimum atomic E-state index is -0.548. The lowest BCUT2D eigenvalue weighted by Crippen LogP contribution is -2.20. The average Bonchev–Trinajstić information content (AvgIpc) is 3.45. The van der Waals surface area contributed by atoms with Gasteiger partial charge < -0.3 is 19.1 Å². The second-order valence-corrected chi connectivity index (χ2v) is 7.51. The van der Waals surface area contributed by atoms with Gasteiger partial charge in [-0.15, -0.1) is 0 Å². The van der Waals surface area contributed by atoms with Crippen LogP contribution in [0.1, 0.15) is 10.4 Å². The Hall–Kier alpha value is -3.79. The number of nitrogens with zero attached hydrogens (tertiary/aromatic N) is 3. The number of nitrogens with one attached hydrogen (secondary N) is 1. The molecule has 0 fully saturated rings. The predicted octanol–water partition coefficient (Wildman–Crippen LogP) is 4.53. The Morgan fingerprint density at radius 3 is 2.78 bits per heavy atom. The molecule has 4 rings (SSSR count). The second kappa shape index (κ2) is 9.15. The summed E-state index contributed by atoms with van der Waals surface area (Å²) in [6.07, 6.45) is 1.69. The van der Waals surface area contributed by atoms with Gasteiger partial charge in [0.15, 0.2) is 0 Å². The van der Waals surface area contributed by atoms with E-state index in [1.165, 1.54) is 13.2 Å². The van der Waals surface area contributed by atoms with Gasteiger partial charge in [0, 0.05) is 11.8 Å². The minimum Gasteiger partial charge on any atom is -0.465 e. The molecule has 0 radical (unpaired) electrons. The highest BCUT2D eigenvalue weighted by atomic mass is 79.9. The van der Waals surface area contributed by atoms with Crippen LogP contribution in [0.5, 0.6) is 0 Å². The molecule has 0 atom stereocenters. The van der Waals surface area contributed by atoms with E-state index in [0.29, 0.717) is 16.9 Å². The summed E-state index contributed by atoms with van der Waals surface area (Å²) in [7, 11) is 1.27. The molecular weight excluding hydrogens is 483 g/mol. The molecule has 162 valence electrons. The third kappa shape index (κ3) is 4.45. The molecule has 0 spiro atoms. The molecule has 0 saturated carbocycles. The summed E-state index contributed by atoms with van der Waals surface area (Å²) < 4.78 is 25.5. The normalized spacial score (nSPS) is 10.7. The second-order valence-electron chi connectivity index (χ2n) is 6.66. The summed E-state index contributed by atoms with van der Waals surface area (Å²) in [4.78, 5) is 28.9. The summed E-state index contributed by atoms with van der Waals surface area (Å²) in [5, 5.41) is 6.66. The maximum Gasteiger partial charge on any atom is 0.339 e. The van der Waals surface area contributed by atoms with Crippen molar-refractivity contribution in [3.05, 3.63) is 76.6 Å². The third-order valence-corrected chi connectivity index (χ3v) is 5.18. The topological polar surface area (TPSA) is 99.2 Å². The van der Waals surface area contributed by atoms with Gasteiger partial charge in [0.2, 0.25) is 11.7 Å². The summed E-state index contributed by atoms with van der Waals surface area (Å²) in [5.41, 5.74) is 1.70. The Kier molecular flexibility index (Phi) is 6.13. The molecule has 0 aliphatic heterocycles. The quantitative estimate of drug-likeness (QED) is 0.392. The van der Waals surface area contributed by atoms with Gasteiger partial charge in [0.05, 0.1) is 22.8 Å². The molecule has 0 bridgehead atoms. The van der Waals surface area contributed by atoms with Gasteiger partial charge in [-0.1, -0.05) is 17.3 Å². The number of para-hydroxylation sites is 1. The number of rotatable bonds is 6. The monoisotopic (exact) mass is 498 g/mol. The van der Waals surface area contributed by atoms with Crippen molar-refractivity contribution in [3.63, 3.8) is 0 Å². The smallest absolute Gasteiger partial charge is 0.339 e. The Balaban J connectivity index is 1.53. The first-order valence-corrected chi connectivity index (χ1v) is 10.2. The molecule has 10 heteroatoms. The summed E-state index contributed by atoms with van der Waals surface area (Å²) in [5.74, 6) is -0.821. The molecule has 0 aliphatic carbocycles. The van der Waals surface area contributed by atoms with Crippen molar-refractivity contribution in [3.8, 4) is 23.0 Å². The maximum absolute atomic E-state index is 13.5. The number of carbonyl (C=O) groups excluding carboxylic acids is 2. The van der Waals surface area contributed by atoms with Crippen molar-refractivity contribution in [2.24, 2.45) is 0 Å². The number of amides is 1. The van der Waals surface area contributed by atoms with Crippen molar-refractivity contribution in [1.29, 1.82) is 0 Å². The highest BCUT2D eigenvalue weighted by Gasteiger charge is 2.18. The average molecular weight is 499 g/mol. The number of aromatic nitrogens is 3. The lowest BCUT2D eigenvalue weighted by molar-refractivity contribution is -0.116. The van der Waals surface area contributed by atoms with Gasteiger partial charge in [-0.3, -0.25) is 4.79 Å². The zero-order valence-corrected chi connectivity index (χ0v) is 18.3. The zero-order valence-electron chi connectivity index (χ0n) is 16.7. The van der Waals surface area contributed by atoms with Crippen molar-refractivity contribution < 1.29 is 23.2 Å². The molecule has 0 saturated heterocycles. The van der Waals surface area contributed by atoms with Gasteiger partial charge >= 0.3 is 5.97 Å².